The predicted octanol–water partition coefficient (Wildman–Crippen LogP) is 1.44. The number of hydrogen-bond donors (Lipinski definition) is 1. The zero-order valence-electron chi connectivity index (χ0n) is 12.8. The average molecular weight is 292 g/mol. The van der Waals surface area contributed by atoms with E-state index in [4.69, 9.17) is 14.2 Å². The topological polar surface area (TPSA) is 43.0 Å². The van der Waals surface area contributed by atoms with Crippen molar-refractivity contribution < 1.29 is 14.2 Å². The van der Waals surface area contributed by atoms with E-state index in [1.165, 1.54) is 0 Å². The molecule has 0 radical (unpaired) electrons. The quantitative estimate of drug-likeness (QED) is 0.909. The Hall–Kier alpha value is -1.30. The van der Waals surface area contributed by atoms with Crippen LogP contribution in [0.15, 0.2) is 18.2 Å². The molecule has 2 atom stereocenters. The highest BCUT2D eigenvalue weighted by Gasteiger charge is 2.25. The van der Waals surface area contributed by atoms with E-state index in [1.807, 2.05) is 12.1 Å². The minimum atomic E-state index is 0.0310. The lowest BCUT2D eigenvalue weighted by atomic mass is 10.1. The maximum atomic E-state index is 6.16. The minimum absolute atomic E-state index is 0.0310. The van der Waals surface area contributed by atoms with Crippen LogP contribution in [0.2, 0.25) is 0 Å². The molecule has 3 rings (SSSR count). The number of morpholine rings is 1. The molecule has 21 heavy (non-hydrogen) atoms. The summed E-state index contributed by atoms with van der Waals surface area (Å²) in [5.41, 5.74) is 1.06. The highest BCUT2D eigenvalue weighted by molar-refractivity contribution is 5.48. The van der Waals surface area contributed by atoms with E-state index in [9.17, 15) is 0 Å². The number of ether oxygens (including phenoxy) is 3. The van der Waals surface area contributed by atoms with Crippen LogP contribution in [0.5, 0.6) is 11.5 Å². The highest BCUT2D eigenvalue weighted by atomic mass is 16.5. The van der Waals surface area contributed by atoms with Gasteiger partial charge in [-0.05, 0) is 19.5 Å². The van der Waals surface area contributed by atoms with Crippen molar-refractivity contribution in [2.45, 2.75) is 18.6 Å². The average Bonchev–Trinajstić information content (AvgIpc) is 2.93. The molecule has 0 aliphatic carbocycles. The zero-order valence-corrected chi connectivity index (χ0v) is 12.8. The molecule has 0 bridgehead atoms. The van der Waals surface area contributed by atoms with Crippen molar-refractivity contribution in [2.24, 2.45) is 0 Å². The molecule has 116 valence electrons. The lowest BCUT2D eigenvalue weighted by molar-refractivity contribution is 0.0259. The van der Waals surface area contributed by atoms with Gasteiger partial charge < -0.3 is 24.4 Å². The van der Waals surface area contributed by atoms with Crippen LogP contribution in [0.3, 0.4) is 0 Å². The second kappa shape index (κ2) is 6.64. The summed E-state index contributed by atoms with van der Waals surface area (Å²) < 4.78 is 17.6. The van der Waals surface area contributed by atoms with E-state index < -0.39 is 0 Å². The van der Waals surface area contributed by atoms with Gasteiger partial charge in [0.1, 0.15) is 6.10 Å². The van der Waals surface area contributed by atoms with Crippen LogP contribution < -0.4 is 14.8 Å². The van der Waals surface area contributed by atoms with Gasteiger partial charge in [0.15, 0.2) is 11.5 Å². The van der Waals surface area contributed by atoms with Crippen molar-refractivity contribution in [3.05, 3.63) is 23.8 Å². The second-order valence-corrected chi connectivity index (χ2v) is 5.73. The molecule has 0 saturated carbocycles. The third-order valence-corrected chi connectivity index (χ3v) is 4.13. The molecule has 0 amide bonds. The van der Waals surface area contributed by atoms with E-state index in [1.54, 1.807) is 7.11 Å². The molecule has 2 saturated heterocycles. The maximum absolute atomic E-state index is 6.16. The summed E-state index contributed by atoms with van der Waals surface area (Å²) in [5, 5.41) is 3.35. The number of nitrogens with one attached hydrogen (secondary N) is 1. The van der Waals surface area contributed by atoms with Crippen molar-refractivity contribution in [3.8, 4) is 11.5 Å². The number of benzene rings is 1. The van der Waals surface area contributed by atoms with Gasteiger partial charge in [-0.3, -0.25) is 0 Å². The van der Waals surface area contributed by atoms with Gasteiger partial charge >= 0.3 is 0 Å². The number of rotatable bonds is 4. The third kappa shape index (κ3) is 3.31. The van der Waals surface area contributed by atoms with E-state index >= 15 is 0 Å². The lowest BCUT2D eigenvalue weighted by Gasteiger charge is -2.26. The van der Waals surface area contributed by atoms with Crippen LogP contribution in [-0.4, -0.2) is 57.9 Å². The fourth-order valence-electron chi connectivity index (χ4n) is 3.03. The van der Waals surface area contributed by atoms with E-state index in [2.05, 4.69) is 23.3 Å². The Balaban J connectivity index is 1.79. The summed E-state index contributed by atoms with van der Waals surface area (Å²) >= 11 is 0. The van der Waals surface area contributed by atoms with Crippen LogP contribution in [0.4, 0.5) is 0 Å². The van der Waals surface area contributed by atoms with Crippen molar-refractivity contribution in [1.29, 1.82) is 0 Å². The first kappa shape index (κ1) is 14.6. The Morgan fingerprint density at radius 1 is 1.38 bits per heavy atom. The van der Waals surface area contributed by atoms with Gasteiger partial charge in [-0.1, -0.05) is 12.1 Å². The molecule has 1 aromatic rings. The first-order valence-corrected chi connectivity index (χ1v) is 7.62. The molecule has 2 heterocycles. The van der Waals surface area contributed by atoms with Gasteiger partial charge in [0.05, 0.1) is 19.8 Å². The molecule has 5 nitrogen and oxygen atoms in total. The van der Waals surface area contributed by atoms with Gasteiger partial charge in [0.2, 0.25) is 0 Å². The number of para-hydroxylation sites is 1. The van der Waals surface area contributed by atoms with Crippen molar-refractivity contribution in [3.63, 3.8) is 0 Å². The van der Waals surface area contributed by atoms with Crippen LogP contribution in [0.25, 0.3) is 0 Å². The number of likely N-dealkylation sites (N-methyl/N-ethyl adjacent to an activating group) is 1. The largest absolute Gasteiger partial charge is 0.492 e. The summed E-state index contributed by atoms with van der Waals surface area (Å²) in [6, 6.07) is 6.06. The van der Waals surface area contributed by atoms with Crippen molar-refractivity contribution in [2.75, 3.05) is 46.9 Å². The first-order chi connectivity index (χ1) is 10.3. The summed E-state index contributed by atoms with van der Waals surface area (Å²) in [5.74, 6) is 1.63. The monoisotopic (exact) mass is 292 g/mol. The molecule has 2 aliphatic rings. The molecular weight excluding hydrogens is 268 g/mol. The van der Waals surface area contributed by atoms with Crippen LogP contribution in [-0.2, 0) is 4.74 Å². The lowest BCUT2D eigenvalue weighted by Crippen LogP contribution is -2.33. The molecule has 2 unspecified atom stereocenters. The van der Waals surface area contributed by atoms with Gasteiger partial charge in [-0.2, -0.15) is 0 Å². The Morgan fingerprint density at radius 2 is 2.29 bits per heavy atom. The fourth-order valence-corrected chi connectivity index (χ4v) is 3.03. The molecule has 2 fully saturated rings. The fraction of sp³-hybridized carbons (Fsp3) is 0.625. The molecule has 0 aromatic heterocycles. The van der Waals surface area contributed by atoms with E-state index in [0.29, 0.717) is 0 Å². The Labute approximate surface area is 126 Å². The molecule has 1 aromatic carbocycles. The van der Waals surface area contributed by atoms with Crippen molar-refractivity contribution in [1.82, 2.24) is 10.2 Å². The number of hydrogen-bond acceptors (Lipinski definition) is 5. The first-order valence-electron chi connectivity index (χ1n) is 7.62. The predicted molar refractivity (Wildman–Crippen MR) is 81.1 cm³/mol. The number of likely N-dealkylation sites (tertiary alicyclic amines) is 1. The summed E-state index contributed by atoms with van der Waals surface area (Å²) in [6.07, 6.45) is 1.33. The number of nitrogens with zero attached hydrogens (tertiary/aromatic N) is 1. The number of methoxy groups -OCH3 is 1. The van der Waals surface area contributed by atoms with Crippen LogP contribution in [0.1, 0.15) is 18.1 Å². The van der Waals surface area contributed by atoms with Gasteiger partial charge in [-0.25, -0.2) is 0 Å². The van der Waals surface area contributed by atoms with Crippen LogP contribution in [0, 0.1) is 0 Å². The Kier molecular flexibility index (Phi) is 4.63. The van der Waals surface area contributed by atoms with Gasteiger partial charge in [0.25, 0.3) is 0 Å². The van der Waals surface area contributed by atoms with E-state index in [0.717, 1.165) is 56.3 Å². The second-order valence-electron chi connectivity index (χ2n) is 5.73. The third-order valence-electron chi connectivity index (χ3n) is 4.13. The maximum Gasteiger partial charge on any atom is 0.166 e. The molecular formula is C16H24N2O3. The zero-order chi connectivity index (χ0) is 14.7. The molecule has 0 spiro atoms. The summed E-state index contributed by atoms with van der Waals surface area (Å²) in [7, 11) is 3.82. The Morgan fingerprint density at radius 3 is 2.95 bits per heavy atom. The van der Waals surface area contributed by atoms with Crippen LogP contribution >= 0.6 is 0 Å². The SMILES string of the molecule is COc1c(OC2CCN(C)C2)cccc1C1CNCCO1. The summed E-state index contributed by atoms with van der Waals surface area (Å²) in [6.45, 7) is 4.50. The minimum Gasteiger partial charge on any atom is -0.492 e. The van der Waals surface area contributed by atoms with Gasteiger partial charge in [0, 0.05) is 31.7 Å². The van der Waals surface area contributed by atoms with E-state index in [-0.39, 0.29) is 12.2 Å². The molecule has 2 aliphatic heterocycles. The standard InChI is InChI=1S/C16H24N2O3/c1-18-8-6-12(11-18)21-14-5-3-4-13(16(14)19-2)15-10-17-7-9-20-15/h3-5,12,15,17H,6-11H2,1-2H3. The Bertz CT molecular complexity index is 475. The summed E-state index contributed by atoms with van der Waals surface area (Å²) in [4.78, 5) is 2.29. The van der Waals surface area contributed by atoms with Crippen molar-refractivity contribution >= 4 is 0 Å². The van der Waals surface area contributed by atoms with Gasteiger partial charge in [-0.15, -0.1) is 0 Å². The normalized spacial score (nSPS) is 26.8. The molecule has 1 N–H and O–H groups in total. The smallest absolute Gasteiger partial charge is 0.166 e. The molecule has 5 heteroatoms. The highest BCUT2D eigenvalue weighted by Crippen LogP contribution is 2.37.